The standard InChI is InChI=1S/C49H88N4O14/c1-6-8-10-12-14-16-17-18-19-21-23-25-27-29-41(57)66-37(28-26-24-22-20-15-13-11-9-7-2)32-42(58)64-33-39-44(59)45(43(49(63)67-39)52-36(5)54)65-35(4)48(62)51-34(3)47(61)53-38(46(50)60)30-31-40(55)56/h34-35,37-39,43-45,49,59,63H,6-33H2,1-5H3,(H2,50,60)(H,51,62)(H,52,54)(H,53,61)(H,55,56)/t34-,35+,37+,38-,39+,43+,44+,45+,49?/m0/s1/i/hD. The summed E-state index contributed by atoms with van der Waals surface area (Å²) in [6.07, 6.45) is 16.0. The Labute approximate surface area is 401 Å². The number of esters is 2. The van der Waals surface area contributed by atoms with E-state index in [1.54, 1.807) is 0 Å². The molecule has 388 valence electrons. The van der Waals surface area contributed by atoms with Crippen LogP contribution in [-0.4, -0.2) is 118 Å². The zero-order valence-electron chi connectivity index (χ0n) is 42.4. The van der Waals surface area contributed by atoms with Crippen molar-refractivity contribution in [3.8, 4) is 0 Å². The third-order valence-corrected chi connectivity index (χ3v) is 12.0. The van der Waals surface area contributed by atoms with Gasteiger partial charge in [0.2, 0.25) is 23.6 Å². The van der Waals surface area contributed by atoms with Gasteiger partial charge in [0.15, 0.2) is 7.70 Å². The highest BCUT2D eigenvalue weighted by Gasteiger charge is 2.47. The molecule has 8 N–H and O–H groups in total. The topological polar surface area (TPSA) is 279 Å². The molecular formula is C49H88N4O14. The number of carbonyl (C=O) groups excluding carboxylic acids is 6. The second-order valence-electron chi connectivity index (χ2n) is 18.2. The Hall–Kier alpha value is -3.87. The lowest BCUT2D eigenvalue weighted by molar-refractivity contribution is -0.267. The number of ether oxygens (including phenoxy) is 4. The molecule has 1 unspecified atom stereocenters. The van der Waals surface area contributed by atoms with Crippen LogP contribution in [0.1, 0.15) is 208 Å². The number of aliphatic hydroxyl groups is 2. The van der Waals surface area contributed by atoms with Crippen LogP contribution in [-0.2, 0) is 52.5 Å². The normalized spacial score (nSPS) is 20.1. The summed E-state index contributed by atoms with van der Waals surface area (Å²) in [6.45, 7) is 7.33. The second kappa shape index (κ2) is 37.1. The number of aliphatic carboxylic acids is 1. The van der Waals surface area contributed by atoms with Crippen molar-refractivity contribution in [3.63, 3.8) is 0 Å². The largest absolute Gasteiger partial charge is 0.481 e. The predicted octanol–water partition coefficient (Wildman–Crippen LogP) is 5.93. The van der Waals surface area contributed by atoms with Crippen molar-refractivity contribution >= 4 is 41.5 Å². The highest BCUT2D eigenvalue weighted by molar-refractivity contribution is 5.92. The Morgan fingerprint density at radius 1 is 0.701 bits per heavy atom. The fraction of sp³-hybridized carbons (Fsp3) is 0.857. The van der Waals surface area contributed by atoms with Crippen molar-refractivity contribution in [2.45, 2.75) is 263 Å². The van der Waals surface area contributed by atoms with E-state index < -0.39 is 104 Å². The molecule has 1 fully saturated rings. The molecule has 0 aromatic heterocycles. The number of hydrogen-bond acceptors (Lipinski definition) is 13. The molecule has 0 spiro atoms. The molecule has 1 aliphatic rings. The molecule has 0 bridgehead atoms. The summed E-state index contributed by atoms with van der Waals surface area (Å²) in [5, 5.41) is 36.2. The van der Waals surface area contributed by atoms with Gasteiger partial charge in [0.25, 0.3) is 0 Å². The summed E-state index contributed by atoms with van der Waals surface area (Å²) < 4.78 is 31.0. The molecule has 18 nitrogen and oxygen atoms in total. The molecule has 0 aromatic rings. The van der Waals surface area contributed by atoms with Crippen LogP contribution in [0.15, 0.2) is 0 Å². The van der Waals surface area contributed by atoms with E-state index in [0.29, 0.717) is 12.8 Å². The van der Waals surface area contributed by atoms with E-state index in [0.717, 1.165) is 51.9 Å². The number of primary amides is 1. The summed E-state index contributed by atoms with van der Waals surface area (Å²) in [7, 11) is 0. The van der Waals surface area contributed by atoms with Gasteiger partial charge in [-0.2, -0.15) is 0 Å². The van der Waals surface area contributed by atoms with Crippen molar-refractivity contribution in [2.24, 2.45) is 5.73 Å². The SMILES string of the molecule is [2H]N(C(=O)[C@@H](C)O[C@H]1[C@H](O)[C@@H](COC(=O)C[C@@H](CCCCCCCCCCC)OC(=O)CCCCCCCCCCCCCCC)OC(O)[C@@H]1NC(C)=O)[C@@H](C)C(=O)N[C@@H](CCC(=O)O)C(N)=O. The summed E-state index contributed by atoms with van der Waals surface area (Å²) in [5.41, 5.74) is 5.29. The molecule has 1 rings (SSSR count). The molecule has 0 aromatic carbocycles. The molecule has 67 heavy (non-hydrogen) atoms. The highest BCUT2D eigenvalue weighted by Crippen LogP contribution is 2.25. The maximum atomic E-state index is 13.3. The first-order valence-corrected chi connectivity index (χ1v) is 25.4. The van der Waals surface area contributed by atoms with E-state index in [-0.39, 0.29) is 30.5 Å². The minimum Gasteiger partial charge on any atom is -0.481 e. The van der Waals surface area contributed by atoms with Crippen molar-refractivity contribution in [2.75, 3.05) is 6.61 Å². The molecule has 1 saturated heterocycles. The summed E-state index contributed by atoms with van der Waals surface area (Å²) in [4.78, 5) is 87.3. The molecular weight excluding hydrogens is 869 g/mol. The van der Waals surface area contributed by atoms with Crippen LogP contribution >= 0.6 is 0 Å². The average molecular weight is 958 g/mol. The number of nitrogens with two attached hydrogens (primary N) is 1. The maximum absolute atomic E-state index is 13.3. The highest BCUT2D eigenvalue weighted by atomic mass is 16.6. The molecule has 0 saturated carbocycles. The van der Waals surface area contributed by atoms with Crippen molar-refractivity contribution in [3.05, 3.63) is 0 Å². The van der Waals surface area contributed by atoms with Gasteiger partial charge in [0, 0.05) is 19.8 Å². The van der Waals surface area contributed by atoms with Gasteiger partial charge in [-0.1, -0.05) is 142 Å². The third-order valence-electron chi connectivity index (χ3n) is 12.0. The van der Waals surface area contributed by atoms with Gasteiger partial charge < -0.3 is 55.9 Å². The van der Waals surface area contributed by atoms with Gasteiger partial charge >= 0.3 is 17.9 Å². The number of hydrogen-bond donors (Lipinski definition) is 7. The Bertz CT molecular complexity index is 1480. The number of carboxylic acid groups (broad SMARTS) is 1. The molecule has 18 heteroatoms. The number of amides is 4. The Kier molecular flexibility index (Phi) is 32.8. The zero-order valence-corrected chi connectivity index (χ0v) is 41.4. The molecule has 0 aliphatic carbocycles. The van der Waals surface area contributed by atoms with Crippen LogP contribution in [0.25, 0.3) is 0 Å². The lowest BCUT2D eigenvalue weighted by atomic mass is 9.96. The lowest BCUT2D eigenvalue weighted by Gasteiger charge is -2.43. The number of carbonyl (C=O) groups is 7. The van der Waals surface area contributed by atoms with Crippen LogP contribution < -0.4 is 21.7 Å². The summed E-state index contributed by atoms with van der Waals surface area (Å²) in [5.74, 6) is -6.12. The average Bonchev–Trinajstić information content (AvgIpc) is 3.29. The van der Waals surface area contributed by atoms with Crippen LogP contribution in [0.2, 0.25) is 1.41 Å². The number of unbranched alkanes of at least 4 members (excludes halogenated alkanes) is 20. The van der Waals surface area contributed by atoms with Crippen LogP contribution in [0, 0.1) is 0 Å². The first-order valence-electron chi connectivity index (χ1n) is 25.8. The summed E-state index contributed by atoms with van der Waals surface area (Å²) >= 11 is 0. The minimum atomic E-state index is -1.82. The fourth-order valence-electron chi connectivity index (χ4n) is 7.95. The smallest absolute Gasteiger partial charge is 0.309 e. The quantitative estimate of drug-likeness (QED) is 0.0277. The van der Waals surface area contributed by atoms with Crippen molar-refractivity contribution in [1.29, 1.82) is 0 Å². The van der Waals surface area contributed by atoms with E-state index >= 15 is 0 Å². The first kappa shape index (κ1) is 59.3. The monoisotopic (exact) mass is 958 g/mol. The van der Waals surface area contributed by atoms with Gasteiger partial charge in [-0.25, -0.2) is 0 Å². The Morgan fingerprint density at radius 3 is 1.70 bits per heavy atom. The van der Waals surface area contributed by atoms with Crippen LogP contribution in [0.5, 0.6) is 0 Å². The molecule has 9 atom stereocenters. The fourth-order valence-corrected chi connectivity index (χ4v) is 7.95. The zero-order chi connectivity index (χ0) is 50.9. The van der Waals surface area contributed by atoms with E-state index in [4.69, 9.17) is 31.2 Å². The van der Waals surface area contributed by atoms with Gasteiger partial charge in [-0.15, -0.1) is 0 Å². The first-order chi connectivity index (χ1) is 32.4. The maximum Gasteiger partial charge on any atom is 0.309 e. The molecule has 1 aliphatic heterocycles. The third kappa shape index (κ3) is 28.9. The number of carboxylic acids is 1. The van der Waals surface area contributed by atoms with E-state index in [9.17, 15) is 43.8 Å². The van der Waals surface area contributed by atoms with Gasteiger partial charge in [-0.05, 0) is 39.5 Å². The number of nitrogens with one attached hydrogen (secondary N) is 3. The van der Waals surface area contributed by atoms with E-state index in [2.05, 4.69) is 24.5 Å². The summed E-state index contributed by atoms with van der Waals surface area (Å²) in [6, 6.07) is -4.36. The lowest BCUT2D eigenvalue weighted by Crippen LogP contribution is -2.66. The minimum absolute atomic E-state index is 0.243. The van der Waals surface area contributed by atoms with E-state index in [1.165, 1.54) is 104 Å². The molecule has 0 radical (unpaired) electrons. The van der Waals surface area contributed by atoms with Gasteiger partial charge in [0.1, 0.15) is 55.3 Å². The number of aliphatic hydroxyl groups excluding tert-OH is 2. The number of rotatable bonds is 40. The van der Waals surface area contributed by atoms with E-state index in [1.807, 2.05) is 0 Å². The van der Waals surface area contributed by atoms with Gasteiger partial charge in [-0.3, -0.25) is 33.6 Å². The Morgan fingerprint density at radius 2 is 1.21 bits per heavy atom. The predicted molar refractivity (Wildman–Crippen MR) is 252 cm³/mol. The van der Waals surface area contributed by atoms with Crippen LogP contribution in [0.4, 0.5) is 0 Å². The van der Waals surface area contributed by atoms with Crippen molar-refractivity contribution in [1.82, 2.24) is 15.9 Å². The van der Waals surface area contributed by atoms with Gasteiger partial charge in [0.05, 0.1) is 6.42 Å². The molecule has 4 amide bonds. The van der Waals surface area contributed by atoms with Crippen molar-refractivity contribution < 1.29 is 69.2 Å². The Balaban J connectivity index is 2.88. The van der Waals surface area contributed by atoms with Crippen LogP contribution in [0.3, 0.4) is 0 Å². The second-order valence-corrected chi connectivity index (χ2v) is 18.2. The molecule has 1 heterocycles.